The molecule has 4 heteroatoms. The van der Waals surface area contributed by atoms with Crippen LogP contribution in [0.3, 0.4) is 0 Å². The van der Waals surface area contributed by atoms with Crippen LogP contribution in [-0.4, -0.2) is 23.0 Å². The molecule has 0 fully saturated rings. The lowest BCUT2D eigenvalue weighted by Gasteiger charge is -2.23. The van der Waals surface area contributed by atoms with Crippen molar-refractivity contribution in [3.63, 3.8) is 0 Å². The molecule has 0 aliphatic heterocycles. The summed E-state index contributed by atoms with van der Waals surface area (Å²) in [6.07, 6.45) is -0.0507. The van der Waals surface area contributed by atoms with E-state index in [0.717, 1.165) is 5.56 Å². The van der Waals surface area contributed by atoms with Gasteiger partial charge in [-0.2, -0.15) is 0 Å². The molecule has 0 saturated heterocycles. The molecular formula is C15H21NO3. The number of nitrogens with one attached hydrogen (secondary N) is 1. The average molecular weight is 263 g/mol. The van der Waals surface area contributed by atoms with Gasteiger partial charge in [-0.25, -0.2) is 0 Å². The number of carbonyl (C=O) groups is 2. The Kier molecular flexibility index (Phi) is 5.55. The Labute approximate surface area is 113 Å². The molecule has 1 aromatic rings. The van der Waals surface area contributed by atoms with Gasteiger partial charge in [-0.15, -0.1) is 0 Å². The van der Waals surface area contributed by atoms with E-state index in [1.807, 2.05) is 51.1 Å². The number of carbonyl (C=O) groups excluding carboxylic acids is 1. The first kappa shape index (κ1) is 15.2. The van der Waals surface area contributed by atoms with Crippen LogP contribution in [0.25, 0.3) is 0 Å². The summed E-state index contributed by atoms with van der Waals surface area (Å²) < 4.78 is 0. The molecule has 1 amide bonds. The van der Waals surface area contributed by atoms with Gasteiger partial charge in [-0.3, -0.25) is 9.59 Å². The van der Waals surface area contributed by atoms with Gasteiger partial charge in [0.2, 0.25) is 5.91 Å². The Hall–Kier alpha value is -1.84. The number of amides is 1. The first-order chi connectivity index (χ1) is 8.91. The number of hydrogen-bond donors (Lipinski definition) is 2. The van der Waals surface area contributed by atoms with Crippen molar-refractivity contribution in [3.8, 4) is 0 Å². The molecule has 1 rings (SSSR count). The van der Waals surface area contributed by atoms with E-state index in [-0.39, 0.29) is 30.2 Å². The molecule has 1 aromatic carbocycles. The zero-order valence-corrected chi connectivity index (χ0v) is 11.6. The Morgan fingerprint density at radius 3 is 2.21 bits per heavy atom. The molecule has 0 saturated carbocycles. The SMILES string of the molecule is CC(C(=O)NC(CC(=O)O)C(C)C)c1ccccc1. The highest BCUT2D eigenvalue weighted by Crippen LogP contribution is 2.16. The standard InChI is InChI=1S/C15H21NO3/c1-10(2)13(9-14(17)18)16-15(19)11(3)12-7-5-4-6-8-12/h4-8,10-11,13H,9H2,1-3H3,(H,16,19)(H,17,18). The normalized spacial score (nSPS) is 13.9. The highest BCUT2D eigenvalue weighted by atomic mass is 16.4. The lowest BCUT2D eigenvalue weighted by Crippen LogP contribution is -2.41. The quantitative estimate of drug-likeness (QED) is 0.828. The van der Waals surface area contributed by atoms with Gasteiger partial charge in [0.15, 0.2) is 0 Å². The highest BCUT2D eigenvalue weighted by molar-refractivity contribution is 5.84. The van der Waals surface area contributed by atoms with Crippen LogP contribution in [0.1, 0.15) is 38.7 Å². The highest BCUT2D eigenvalue weighted by Gasteiger charge is 2.22. The Morgan fingerprint density at radius 2 is 1.74 bits per heavy atom. The maximum atomic E-state index is 12.1. The summed E-state index contributed by atoms with van der Waals surface area (Å²) in [5.41, 5.74) is 0.929. The smallest absolute Gasteiger partial charge is 0.305 e. The minimum atomic E-state index is -0.897. The number of carboxylic acid groups (broad SMARTS) is 1. The van der Waals surface area contributed by atoms with Crippen LogP contribution in [0.2, 0.25) is 0 Å². The summed E-state index contributed by atoms with van der Waals surface area (Å²) in [7, 11) is 0. The third-order valence-corrected chi connectivity index (χ3v) is 3.22. The maximum absolute atomic E-state index is 12.1. The number of carboxylic acids is 1. The molecule has 0 aliphatic carbocycles. The Morgan fingerprint density at radius 1 is 1.16 bits per heavy atom. The minimum Gasteiger partial charge on any atom is -0.481 e. The van der Waals surface area contributed by atoms with Crippen molar-refractivity contribution in [2.45, 2.75) is 39.2 Å². The predicted octanol–water partition coefficient (Wildman–Crippen LogP) is 2.41. The topological polar surface area (TPSA) is 66.4 Å². The van der Waals surface area contributed by atoms with E-state index in [1.165, 1.54) is 0 Å². The summed E-state index contributed by atoms with van der Waals surface area (Å²) in [4.78, 5) is 22.9. The lowest BCUT2D eigenvalue weighted by atomic mass is 9.97. The van der Waals surface area contributed by atoms with Crippen molar-refractivity contribution in [3.05, 3.63) is 35.9 Å². The molecule has 19 heavy (non-hydrogen) atoms. The van der Waals surface area contributed by atoms with E-state index < -0.39 is 5.97 Å². The summed E-state index contributed by atoms with van der Waals surface area (Å²) >= 11 is 0. The first-order valence-electron chi connectivity index (χ1n) is 6.49. The van der Waals surface area contributed by atoms with E-state index in [1.54, 1.807) is 0 Å². The van der Waals surface area contributed by atoms with Crippen molar-refractivity contribution in [1.29, 1.82) is 0 Å². The second-order valence-electron chi connectivity index (χ2n) is 5.09. The largest absolute Gasteiger partial charge is 0.481 e. The average Bonchev–Trinajstić information content (AvgIpc) is 2.37. The van der Waals surface area contributed by atoms with Crippen molar-refractivity contribution < 1.29 is 14.7 Å². The monoisotopic (exact) mass is 263 g/mol. The minimum absolute atomic E-state index is 0.0507. The van der Waals surface area contributed by atoms with E-state index >= 15 is 0 Å². The van der Waals surface area contributed by atoms with Gasteiger partial charge in [0.1, 0.15) is 0 Å². The predicted molar refractivity (Wildman–Crippen MR) is 73.9 cm³/mol. The van der Waals surface area contributed by atoms with E-state index in [0.29, 0.717) is 0 Å². The van der Waals surface area contributed by atoms with Crippen molar-refractivity contribution >= 4 is 11.9 Å². The van der Waals surface area contributed by atoms with Gasteiger partial charge in [0.05, 0.1) is 12.3 Å². The molecule has 0 aromatic heterocycles. The van der Waals surface area contributed by atoms with Gasteiger partial charge in [-0.05, 0) is 18.4 Å². The summed E-state index contributed by atoms with van der Waals surface area (Å²) in [5.74, 6) is -1.23. The van der Waals surface area contributed by atoms with Crippen LogP contribution in [0.5, 0.6) is 0 Å². The molecule has 2 unspecified atom stereocenters. The zero-order valence-electron chi connectivity index (χ0n) is 11.6. The molecule has 0 spiro atoms. The molecule has 0 bridgehead atoms. The molecule has 2 N–H and O–H groups in total. The summed E-state index contributed by atoms with van der Waals surface area (Å²) in [6.45, 7) is 5.63. The van der Waals surface area contributed by atoms with E-state index in [9.17, 15) is 9.59 Å². The van der Waals surface area contributed by atoms with Crippen LogP contribution < -0.4 is 5.32 Å². The number of rotatable bonds is 6. The van der Waals surface area contributed by atoms with Crippen LogP contribution in [0.15, 0.2) is 30.3 Å². The Bertz CT molecular complexity index is 428. The number of benzene rings is 1. The summed E-state index contributed by atoms with van der Waals surface area (Å²) in [5, 5.41) is 11.7. The zero-order chi connectivity index (χ0) is 14.4. The second-order valence-corrected chi connectivity index (χ2v) is 5.09. The molecule has 4 nitrogen and oxygen atoms in total. The first-order valence-corrected chi connectivity index (χ1v) is 6.49. The molecule has 104 valence electrons. The van der Waals surface area contributed by atoms with Crippen LogP contribution in [0, 0.1) is 5.92 Å². The van der Waals surface area contributed by atoms with Gasteiger partial charge < -0.3 is 10.4 Å². The van der Waals surface area contributed by atoms with Gasteiger partial charge in [0.25, 0.3) is 0 Å². The fraction of sp³-hybridized carbons (Fsp3) is 0.467. The maximum Gasteiger partial charge on any atom is 0.305 e. The van der Waals surface area contributed by atoms with Gasteiger partial charge in [-0.1, -0.05) is 44.2 Å². The van der Waals surface area contributed by atoms with E-state index in [2.05, 4.69) is 5.32 Å². The number of aliphatic carboxylic acids is 1. The second kappa shape index (κ2) is 6.92. The van der Waals surface area contributed by atoms with Gasteiger partial charge >= 0.3 is 5.97 Å². The third-order valence-electron chi connectivity index (χ3n) is 3.22. The summed E-state index contributed by atoms with van der Waals surface area (Å²) in [6, 6.07) is 9.12. The van der Waals surface area contributed by atoms with Crippen molar-refractivity contribution in [1.82, 2.24) is 5.32 Å². The van der Waals surface area contributed by atoms with Gasteiger partial charge in [0, 0.05) is 6.04 Å². The van der Waals surface area contributed by atoms with Crippen molar-refractivity contribution in [2.75, 3.05) is 0 Å². The third kappa shape index (κ3) is 4.73. The van der Waals surface area contributed by atoms with Crippen LogP contribution >= 0.6 is 0 Å². The molecule has 0 aliphatic rings. The molecule has 0 heterocycles. The molecular weight excluding hydrogens is 242 g/mol. The number of hydrogen-bond acceptors (Lipinski definition) is 2. The lowest BCUT2D eigenvalue weighted by molar-refractivity contribution is -0.138. The fourth-order valence-corrected chi connectivity index (χ4v) is 1.84. The molecule has 0 radical (unpaired) electrons. The van der Waals surface area contributed by atoms with Crippen LogP contribution in [0.4, 0.5) is 0 Å². The van der Waals surface area contributed by atoms with E-state index in [4.69, 9.17) is 5.11 Å². The van der Waals surface area contributed by atoms with Crippen molar-refractivity contribution in [2.24, 2.45) is 5.92 Å². The Balaban J connectivity index is 2.69. The fourth-order valence-electron chi connectivity index (χ4n) is 1.84. The molecule has 2 atom stereocenters. The van der Waals surface area contributed by atoms with Crippen LogP contribution in [-0.2, 0) is 9.59 Å².